The van der Waals surface area contributed by atoms with Crippen LogP contribution in [0.2, 0.25) is 0 Å². The summed E-state index contributed by atoms with van der Waals surface area (Å²) >= 11 is 0. The largest absolute Gasteiger partial charge is 0.467 e. The van der Waals surface area contributed by atoms with E-state index in [2.05, 4.69) is 15.4 Å². The summed E-state index contributed by atoms with van der Waals surface area (Å²) in [6, 6.07) is -1.53. The number of hydrogen-bond acceptors (Lipinski definition) is 8. The summed E-state index contributed by atoms with van der Waals surface area (Å²) in [6.45, 7) is 3.36. The number of amides is 2. The standard InChI is InChI=1S/C16H28N2O6S2/c1-5-6-7-8-14(20)18-13(16(22)24-4)10-26-25-9-12(15(21)23-3)17-11(2)19/h12-13H,5-10H2,1-4H3,(H,17,19)(H,18,20)/t12-,13-/m0/s1. The molecule has 0 rings (SSSR count). The maximum atomic E-state index is 11.9. The third-order valence-electron chi connectivity index (χ3n) is 3.24. The number of unbranched alkanes of at least 4 members (excludes halogenated alkanes) is 2. The van der Waals surface area contributed by atoms with Gasteiger partial charge in [0.1, 0.15) is 12.1 Å². The molecule has 2 N–H and O–H groups in total. The topological polar surface area (TPSA) is 111 Å². The van der Waals surface area contributed by atoms with Gasteiger partial charge in [0.05, 0.1) is 14.2 Å². The first-order valence-corrected chi connectivity index (χ1v) is 10.8. The Balaban J connectivity index is 4.42. The van der Waals surface area contributed by atoms with Crippen LogP contribution in [0.4, 0.5) is 0 Å². The second-order valence-corrected chi connectivity index (χ2v) is 8.00. The van der Waals surface area contributed by atoms with E-state index >= 15 is 0 Å². The zero-order chi connectivity index (χ0) is 19.9. The van der Waals surface area contributed by atoms with Gasteiger partial charge in [0, 0.05) is 24.9 Å². The van der Waals surface area contributed by atoms with Gasteiger partial charge < -0.3 is 20.1 Å². The predicted molar refractivity (Wildman–Crippen MR) is 103 cm³/mol. The summed E-state index contributed by atoms with van der Waals surface area (Å²) in [5.41, 5.74) is 0. The maximum absolute atomic E-state index is 11.9. The summed E-state index contributed by atoms with van der Waals surface area (Å²) in [5, 5.41) is 5.18. The summed E-state index contributed by atoms with van der Waals surface area (Å²) in [6.07, 6.45) is 3.11. The van der Waals surface area contributed by atoms with E-state index in [1.165, 1.54) is 42.7 Å². The second-order valence-electron chi connectivity index (χ2n) is 5.45. The third-order valence-corrected chi connectivity index (χ3v) is 5.67. The molecule has 0 aromatic rings. The Kier molecular flexibility index (Phi) is 13.9. The molecule has 150 valence electrons. The highest BCUT2D eigenvalue weighted by Gasteiger charge is 2.23. The van der Waals surface area contributed by atoms with Gasteiger partial charge in [0.2, 0.25) is 11.8 Å². The highest BCUT2D eigenvalue weighted by molar-refractivity contribution is 8.76. The van der Waals surface area contributed by atoms with Crippen LogP contribution in [0, 0.1) is 0 Å². The van der Waals surface area contributed by atoms with Crippen molar-refractivity contribution in [2.24, 2.45) is 0 Å². The maximum Gasteiger partial charge on any atom is 0.329 e. The van der Waals surface area contributed by atoms with E-state index in [0.717, 1.165) is 19.3 Å². The molecular weight excluding hydrogens is 380 g/mol. The Morgan fingerprint density at radius 1 is 0.885 bits per heavy atom. The first kappa shape index (κ1) is 24.6. The van der Waals surface area contributed by atoms with Crippen LogP contribution < -0.4 is 10.6 Å². The number of methoxy groups -OCH3 is 2. The number of rotatable bonds is 13. The van der Waals surface area contributed by atoms with E-state index in [-0.39, 0.29) is 23.3 Å². The molecule has 2 amide bonds. The minimum absolute atomic E-state index is 0.190. The number of hydrogen-bond donors (Lipinski definition) is 2. The van der Waals surface area contributed by atoms with Gasteiger partial charge in [-0.2, -0.15) is 0 Å². The molecule has 0 aromatic carbocycles. The number of ether oxygens (including phenoxy) is 2. The van der Waals surface area contributed by atoms with Gasteiger partial charge in [-0.25, -0.2) is 9.59 Å². The van der Waals surface area contributed by atoms with E-state index < -0.39 is 24.0 Å². The lowest BCUT2D eigenvalue weighted by molar-refractivity contribution is -0.144. The lowest BCUT2D eigenvalue weighted by Crippen LogP contribution is -2.43. The molecule has 0 aliphatic rings. The average molecular weight is 409 g/mol. The molecule has 0 saturated carbocycles. The Morgan fingerprint density at radius 2 is 1.38 bits per heavy atom. The first-order valence-electron chi connectivity index (χ1n) is 8.32. The second kappa shape index (κ2) is 14.7. The normalized spacial score (nSPS) is 12.6. The number of carbonyl (C=O) groups is 4. The van der Waals surface area contributed by atoms with Crippen molar-refractivity contribution in [1.29, 1.82) is 0 Å². The SMILES string of the molecule is CCCCCC(=O)N[C@@H](CSSC[C@H](NC(C)=O)C(=O)OC)C(=O)OC. The van der Waals surface area contributed by atoms with Gasteiger partial charge in [-0.15, -0.1) is 0 Å². The Bertz CT molecular complexity index is 476. The van der Waals surface area contributed by atoms with E-state index in [1.807, 2.05) is 6.92 Å². The van der Waals surface area contributed by atoms with Gasteiger partial charge in [-0.3, -0.25) is 9.59 Å². The van der Waals surface area contributed by atoms with Crippen LogP contribution >= 0.6 is 21.6 Å². The molecule has 0 unspecified atom stereocenters. The summed E-state index contributed by atoms with van der Waals surface area (Å²) in [4.78, 5) is 46.4. The molecule has 8 nitrogen and oxygen atoms in total. The van der Waals surface area contributed by atoms with Crippen molar-refractivity contribution in [3.63, 3.8) is 0 Å². The van der Waals surface area contributed by atoms with Crippen LogP contribution in [0.5, 0.6) is 0 Å². The van der Waals surface area contributed by atoms with Crippen molar-refractivity contribution >= 4 is 45.3 Å². The minimum atomic E-state index is -0.768. The average Bonchev–Trinajstić information content (AvgIpc) is 2.61. The van der Waals surface area contributed by atoms with Gasteiger partial charge in [-0.1, -0.05) is 41.4 Å². The Labute approximate surface area is 162 Å². The molecule has 0 radical (unpaired) electrons. The van der Waals surface area contributed by atoms with Gasteiger partial charge in [0.25, 0.3) is 0 Å². The molecule has 10 heteroatoms. The Morgan fingerprint density at radius 3 is 1.81 bits per heavy atom. The van der Waals surface area contributed by atoms with Gasteiger partial charge in [-0.05, 0) is 6.42 Å². The molecule has 2 atom stereocenters. The fraction of sp³-hybridized carbons (Fsp3) is 0.750. The van der Waals surface area contributed by atoms with E-state index in [9.17, 15) is 19.2 Å². The van der Waals surface area contributed by atoms with Crippen molar-refractivity contribution in [2.45, 2.75) is 51.6 Å². The fourth-order valence-electron chi connectivity index (χ4n) is 1.90. The third kappa shape index (κ3) is 11.2. The first-order chi connectivity index (χ1) is 12.3. The van der Waals surface area contributed by atoms with Crippen molar-refractivity contribution < 1.29 is 28.7 Å². The fourth-order valence-corrected chi connectivity index (χ4v) is 4.20. The quantitative estimate of drug-likeness (QED) is 0.266. The lowest BCUT2D eigenvalue weighted by Gasteiger charge is -2.17. The number of nitrogens with one attached hydrogen (secondary N) is 2. The highest BCUT2D eigenvalue weighted by Crippen LogP contribution is 2.23. The number of esters is 2. The van der Waals surface area contributed by atoms with Crippen LogP contribution in [-0.2, 0) is 28.7 Å². The van der Waals surface area contributed by atoms with Crippen LogP contribution in [0.1, 0.15) is 39.5 Å². The van der Waals surface area contributed by atoms with E-state index in [0.29, 0.717) is 6.42 Å². The molecule has 0 fully saturated rings. The van der Waals surface area contributed by atoms with Gasteiger partial charge in [0.15, 0.2) is 0 Å². The van der Waals surface area contributed by atoms with Crippen molar-refractivity contribution in [1.82, 2.24) is 10.6 Å². The molecule has 0 aliphatic carbocycles. The van der Waals surface area contributed by atoms with Crippen LogP contribution in [-0.4, -0.2) is 61.6 Å². The molecule has 0 heterocycles. The van der Waals surface area contributed by atoms with Crippen LogP contribution in [0.25, 0.3) is 0 Å². The minimum Gasteiger partial charge on any atom is -0.467 e. The zero-order valence-corrected chi connectivity index (χ0v) is 17.3. The van der Waals surface area contributed by atoms with Crippen LogP contribution in [0.3, 0.4) is 0 Å². The summed E-state index contributed by atoms with van der Waals surface area (Å²) in [7, 11) is 5.11. The van der Waals surface area contributed by atoms with Crippen LogP contribution in [0.15, 0.2) is 0 Å². The van der Waals surface area contributed by atoms with E-state index in [1.54, 1.807) is 0 Å². The molecule has 26 heavy (non-hydrogen) atoms. The van der Waals surface area contributed by atoms with Crippen molar-refractivity contribution in [3.05, 3.63) is 0 Å². The summed E-state index contributed by atoms with van der Waals surface area (Å²) < 4.78 is 9.36. The molecule has 0 saturated heterocycles. The molecule has 0 aromatic heterocycles. The summed E-state index contributed by atoms with van der Waals surface area (Å²) in [5.74, 6) is -1.03. The zero-order valence-electron chi connectivity index (χ0n) is 15.7. The number of carbonyl (C=O) groups excluding carboxylic acids is 4. The lowest BCUT2D eigenvalue weighted by atomic mass is 10.2. The molecular formula is C16H28N2O6S2. The van der Waals surface area contributed by atoms with Crippen molar-refractivity contribution in [3.8, 4) is 0 Å². The molecule has 0 aliphatic heterocycles. The predicted octanol–water partition coefficient (Wildman–Crippen LogP) is 1.28. The van der Waals surface area contributed by atoms with Gasteiger partial charge >= 0.3 is 11.9 Å². The highest BCUT2D eigenvalue weighted by atomic mass is 33.1. The molecule has 0 bridgehead atoms. The van der Waals surface area contributed by atoms with E-state index in [4.69, 9.17) is 4.74 Å². The Hall–Kier alpha value is -1.42. The monoisotopic (exact) mass is 408 g/mol. The van der Waals surface area contributed by atoms with Crippen molar-refractivity contribution in [2.75, 3.05) is 25.7 Å². The molecule has 0 spiro atoms. The smallest absolute Gasteiger partial charge is 0.329 e.